The predicted molar refractivity (Wildman–Crippen MR) is 116 cm³/mol. The van der Waals surface area contributed by atoms with Gasteiger partial charge in [-0.15, -0.1) is 11.3 Å². The van der Waals surface area contributed by atoms with E-state index in [1.54, 1.807) is 12.1 Å². The van der Waals surface area contributed by atoms with E-state index in [9.17, 15) is 4.79 Å². The van der Waals surface area contributed by atoms with Crippen LogP contribution >= 0.6 is 11.3 Å². The van der Waals surface area contributed by atoms with Gasteiger partial charge in [0.2, 0.25) is 0 Å². The first-order valence-corrected chi connectivity index (χ1v) is 10.1. The quantitative estimate of drug-likeness (QED) is 0.532. The number of amides is 1. The van der Waals surface area contributed by atoms with Crippen molar-refractivity contribution in [2.75, 3.05) is 5.32 Å². The van der Waals surface area contributed by atoms with Crippen LogP contribution < -0.4 is 5.32 Å². The molecule has 140 valence electrons. The first-order valence-electron chi connectivity index (χ1n) is 9.20. The molecule has 1 aromatic heterocycles. The molecule has 0 spiro atoms. The van der Waals surface area contributed by atoms with Crippen molar-refractivity contribution in [1.82, 2.24) is 4.98 Å². The van der Waals surface area contributed by atoms with E-state index >= 15 is 0 Å². The molecule has 1 amide bonds. The van der Waals surface area contributed by atoms with E-state index in [0.717, 1.165) is 11.3 Å². The van der Waals surface area contributed by atoms with Crippen LogP contribution in [0.15, 0.2) is 66.0 Å². The molecule has 0 radical (unpaired) electrons. The van der Waals surface area contributed by atoms with Gasteiger partial charge in [-0.3, -0.25) is 10.1 Å². The van der Waals surface area contributed by atoms with Crippen molar-refractivity contribution >= 4 is 22.4 Å². The van der Waals surface area contributed by atoms with Crippen molar-refractivity contribution in [3.8, 4) is 11.3 Å². The van der Waals surface area contributed by atoms with E-state index in [2.05, 4.69) is 10.3 Å². The van der Waals surface area contributed by atoms with Gasteiger partial charge in [-0.1, -0.05) is 90.1 Å². The van der Waals surface area contributed by atoms with Crippen molar-refractivity contribution in [2.24, 2.45) is 0 Å². The molecular weight excluding hydrogens is 340 g/mol. The van der Waals surface area contributed by atoms with Gasteiger partial charge in [-0.05, 0) is 12.1 Å². The second-order valence-electron chi connectivity index (χ2n) is 4.22. The van der Waals surface area contributed by atoms with Gasteiger partial charge in [0.15, 0.2) is 5.13 Å². The molecule has 0 aliphatic rings. The summed E-state index contributed by atoms with van der Waals surface area (Å²) in [5.41, 5.74) is 2.55. The van der Waals surface area contributed by atoms with Gasteiger partial charge in [-0.2, -0.15) is 0 Å². The van der Waals surface area contributed by atoms with Crippen LogP contribution in [0.3, 0.4) is 0 Å². The molecule has 3 rings (SSSR count). The minimum Gasteiger partial charge on any atom is -0.298 e. The SMILES string of the molecule is CC.CC.CC.O=C(Nc1nc(-c2ccccc2)cs1)c1ccccc1. The number of hydrogen-bond donors (Lipinski definition) is 1. The number of nitrogens with zero attached hydrogens (tertiary/aromatic N) is 1. The average molecular weight is 371 g/mol. The molecule has 0 saturated heterocycles. The molecule has 0 bridgehead atoms. The lowest BCUT2D eigenvalue weighted by Crippen LogP contribution is -2.11. The van der Waals surface area contributed by atoms with Gasteiger partial charge < -0.3 is 0 Å². The van der Waals surface area contributed by atoms with Gasteiger partial charge in [0.25, 0.3) is 5.91 Å². The third-order valence-corrected chi connectivity index (χ3v) is 3.59. The molecule has 26 heavy (non-hydrogen) atoms. The monoisotopic (exact) mass is 370 g/mol. The molecule has 0 saturated carbocycles. The highest BCUT2D eigenvalue weighted by molar-refractivity contribution is 7.14. The predicted octanol–water partition coefficient (Wildman–Crippen LogP) is 7.14. The number of aromatic nitrogens is 1. The maximum absolute atomic E-state index is 12.0. The first-order chi connectivity index (χ1) is 12.8. The van der Waals surface area contributed by atoms with E-state index in [1.807, 2.05) is 95.5 Å². The second-order valence-corrected chi connectivity index (χ2v) is 5.08. The molecule has 4 heteroatoms. The fourth-order valence-corrected chi connectivity index (χ4v) is 2.55. The van der Waals surface area contributed by atoms with E-state index < -0.39 is 0 Å². The fraction of sp³-hybridized carbons (Fsp3) is 0.273. The summed E-state index contributed by atoms with van der Waals surface area (Å²) in [5, 5.41) is 5.37. The highest BCUT2D eigenvalue weighted by Gasteiger charge is 2.09. The molecular formula is C22H30N2OS. The third-order valence-electron chi connectivity index (χ3n) is 2.83. The number of carbonyl (C=O) groups is 1. The minimum atomic E-state index is -0.139. The zero-order valence-corrected chi connectivity index (χ0v) is 17.4. The zero-order valence-electron chi connectivity index (χ0n) is 16.6. The Morgan fingerprint density at radius 2 is 1.31 bits per heavy atom. The Balaban J connectivity index is 0.000000948. The maximum Gasteiger partial charge on any atom is 0.257 e. The van der Waals surface area contributed by atoms with Crippen molar-refractivity contribution < 1.29 is 4.79 Å². The minimum absolute atomic E-state index is 0.139. The maximum atomic E-state index is 12.0. The summed E-state index contributed by atoms with van der Waals surface area (Å²) in [4.78, 5) is 16.4. The molecule has 0 atom stereocenters. The summed E-state index contributed by atoms with van der Waals surface area (Å²) >= 11 is 1.42. The topological polar surface area (TPSA) is 42.0 Å². The Bertz CT molecular complexity index is 709. The number of benzene rings is 2. The Labute approximate surface area is 162 Å². The van der Waals surface area contributed by atoms with Crippen LogP contribution in [0.5, 0.6) is 0 Å². The number of carbonyl (C=O) groups excluding carboxylic acids is 1. The molecule has 1 heterocycles. The van der Waals surface area contributed by atoms with E-state index in [1.165, 1.54) is 11.3 Å². The molecule has 2 aromatic carbocycles. The number of thiazole rings is 1. The standard InChI is InChI=1S/C16H12N2OS.3C2H6/c19-15(13-9-5-2-6-10-13)18-16-17-14(11-20-16)12-7-3-1-4-8-12;3*1-2/h1-11H,(H,17,18,19);3*1-2H3. The van der Waals surface area contributed by atoms with Gasteiger partial charge in [0.1, 0.15) is 0 Å². The van der Waals surface area contributed by atoms with Gasteiger partial charge in [0.05, 0.1) is 5.69 Å². The summed E-state index contributed by atoms with van der Waals surface area (Å²) in [6.45, 7) is 12.0. The van der Waals surface area contributed by atoms with E-state index in [-0.39, 0.29) is 5.91 Å². The largest absolute Gasteiger partial charge is 0.298 e. The molecule has 3 aromatic rings. The van der Waals surface area contributed by atoms with Crippen molar-refractivity contribution in [3.05, 3.63) is 71.6 Å². The number of nitrogens with one attached hydrogen (secondary N) is 1. The molecule has 0 unspecified atom stereocenters. The van der Waals surface area contributed by atoms with Crippen molar-refractivity contribution in [2.45, 2.75) is 41.5 Å². The van der Waals surface area contributed by atoms with Crippen LogP contribution in [0.25, 0.3) is 11.3 Å². The molecule has 1 N–H and O–H groups in total. The lowest BCUT2D eigenvalue weighted by Gasteiger charge is -2.00. The Morgan fingerprint density at radius 3 is 1.85 bits per heavy atom. The highest BCUT2D eigenvalue weighted by Crippen LogP contribution is 2.24. The number of hydrogen-bond acceptors (Lipinski definition) is 3. The van der Waals surface area contributed by atoms with Crippen LogP contribution in [0.1, 0.15) is 51.9 Å². The van der Waals surface area contributed by atoms with Gasteiger partial charge in [-0.25, -0.2) is 4.98 Å². The zero-order chi connectivity index (χ0) is 19.8. The lowest BCUT2D eigenvalue weighted by atomic mass is 10.2. The third kappa shape index (κ3) is 7.62. The van der Waals surface area contributed by atoms with Crippen molar-refractivity contribution in [1.29, 1.82) is 0 Å². The Kier molecular flexibility index (Phi) is 13.4. The fourth-order valence-electron chi connectivity index (χ4n) is 1.83. The van der Waals surface area contributed by atoms with Gasteiger partial charge in [0, 0.05) is 16.5 Å². The van der Waals surface area contributed by atoms with Crippen LogP contribution in [-0.4, -0.2) is 10.9 Å². The Morgan fingerprint density at radius 1 is 0.808 bits per heavy atom. The summed E-state index contributed by atoms with van der Waals surface area (Å²) in [7, 11) is 0. The van der Waals surface area contributed by atoms with Crippen LogP contribution in [0.2, 0.25) is 0 Å². The molecule has 0 fully saturated rings. The summed E-state index contributed by atoms with van der Waals surface area (Å²) in [5.74, 6) is -0.139. The van der Waals surface area contributed by atoms with Crippen molar-refractivity contribution in [3.63, 3.8) is 0 Å². The lowest BCUT2D eigenvalue weighted by molar-refractivity contribution is 0.102. The number of rotatable bonds is 3. The molecule has 0 aliphatic heterocycles. The normalized spacial score (nSPS) is 8.54. The summed E-state index contributed by atoms with van der Waals surface area (Å²) < 4.78 is 0. The average Bonchev–Trinajstić information content (AvgIpc) is 3.22. The highest BCUT2D eigenvalue weighted by atomic mass is 32.1. The van der Waals surface area contributed by atoms with Crippen LogP contribution in [0.4, 0.5) is 5.13 Å². The van der Waals surface area contributed by atoms with Crippen LogP contribution in [-0.2, 0) is 0 Å². The molecule has 0 aliphatic carbocycles. The number of anilines is 1. The van der Waals surface area contributed by atoms with E-state index in [4.69, 9.17) is 0 Å². The second kappa shape index (κ2) is 14.8. The van der Waals surface area contributed by atoms with Crippen LogP contribution in [0, 0.1) is 0 Å². The molecule has 3 nitrogen and oxygen atoms in total. The summed E-state index contributed by atoms with van der Waals surface area (Å²) in [6.07, 6.45) is 0. The first kappa shape index (κ1) is 23.5. The summed E-state index contributed by atoms with van der Waals surface area (Å²) in [6, 6.07) is 19.0. The smallest absolute Gasteiger partial charge is 0.257 e. The van der Waals surface area contributed by atoms with Gasteiger partial charge >= 0.3 is 0 Å². The Hall–Kier alpha value is -2.46. The van der Waals surface area contributed by atoms with E-state index in [0.29, 0.717) is 10.7 Å².